The molecule has 0 saturated carbocycles. The molecule has 0 aromatic rings. The van der Waals surface area contributed by atoms with Gasteiger partial charge >= 0.3 is 21.7 Å². The summed E-state index contributed by atoms with van der Waals surface area (Å²) in [5.41, 5.74) is 0. The summed E-state index contributed by atoms with van der Waals surface area (Å²) in [6.45, 7) is 6.25. The van der Waals surface area contributed by atoms with Gasteiger partial charge in [0.05, 0.1) is 0 Å². The summed E-state index contributed by atoms with van der Waals surface area (Å²) in [6.07, 6.45) is 0. The summed E-state index contributed by atoms with van der Waals surface area (Å²) < 4.78 is 0. The van der Waals surface area contributed by atoms with E-state index in [2.05, 4.69) is 20.8 Å². The second-order valence-electron chi connectivity index (χ2n) is 1.50. The van der Waals surface area contributed by atoms with E-state index in [1.54, 1.807) is 0 Å². The zero-order valence-corrected chi connectivity index (χ0v) is 6.38. The Balaban J connectivity index is -0.0000000150. The Morgan fingerprint density at radius 2 is 0.857 bits per heavy atom. The van der Waals surface area contributed by atoms with E-state index in [1.807, 2.05) is 0 Å². The van der Waals surface area contributed by atoms with E-state index in [0.717, 1.165) is 0 Å². The minimum absolute atomic E-state index is 0. The molecule has 0 N–H and O–H groups in total. The van der Waals surface area contributed by atoms with Crippen LogP contribution in [-0.4, -0.2) is 0 Å². The summed E-state index contributed by atoms with van der Waals surface area (Å²) in [4.78, 5) is 0. The first-order chi connectivity index (χ1) is 1.73. The van der Waals surface area contributed by atoms with Crippen molar-refractivity contribution in [2.75, 3.05) is 0 Å². The first kappa shape index (κ1) is 25.4. The van der Waals surface area contributed by atoms with E-state index in [0.29, 0.717) is 0 Å². The van der Waals surface area contributed by atoms with Crippen LogP contribution in [0.25, 0.3) is 0 Å². The molecular formula is C4H9O2Ti-. The minimum Gasteiger partial charge on any atom is -2.00 e. The minimum atomic E-state index is 0. The van der Waals surface area contributed by atoms with Gasteiger partial charge in [-0.1, -0.05) is 0 Å². The van der Waals surface area contributed by atoms with Crippen molar-refractivity contribution in [1.82, 2.24) is 0 Å². The average Bonchev–Trinajstić information content (AvgIpc) is 0.811. The molecular weight excluding hydrogens is 128 g/mol. The zero-order chi connectivity index (χ0) is 3.58. The van der Waals surface area contributed by atoms with Crippen LogP contribution in [0.1, 0.15) is 20.8 Å². The molecule has 0 bridgehead atoms. The predicted octanol–water partition coefficient (Wildman–Crippen LogP) is 1.38. The summed E-state index contributed by atoms with van der Waals surface area (Å²) in [7, 11) is 0. The number of rotatable bonds is 0. The topological polar surface area (TPSA) is 57.0 Å². The molecule has 0 aromatic heterocycles. The quantitative estimate of drug-likeness (QED) is 0.357. The summed E-state index contributed by atoms with van der Waals surface area (Å²) in [5, 5.41) is 0. The van der Waals surface area contributed by atoms with Crippen LogP contribution in [0.5, 0.6) is 0 Å². The molecule has 0 fully saturated rings. The van der Waals surface area contributed by atoms with Gasteiger partial charge in [-0.2, -0.15) is 20.8 Å². The zero-order valence-electron chi connectivity index (χ0n) is 4.82. The third-order valence-corrected chi connectivity index (χ3v) is 0. The molecule has 2 nitrogen and oxygen atoms in total. The third-order valence-electron chi connectivity index (χ3n) is 0. The smallest absolute Gasteiger partial charge is 2.00 e. The molecule has 42 valence electrons. The second-order valence-corrected chi connectivity index (χ2v) is 1.50. The van der Waals surface area contributed by atoms with Crippen LogP contribution in [0.4, 0.5) is 0 Å². The number of hydrogen-bond acceptors (Lipinski definition) is 0. The molecule has 0 radical (unpaired) electrons. The molecule has 0 aliphatic carbocycles. The maximum absolute atomic E-state index is 2.08. The van der Waals surface area contributed by atoms with Crippen molar-refractivity contribution < 1.29 is 32.7 Å². The monoisotopic (exact) mass is 137 g/mol. The standard InChI is InChI=1S/C4H9.2O.Ti/c1-4(2)3;;;/h1-3H3;;;/q-1;2*-2;+4. The van der Waals surface area contributed by atoms with Crippen LogP contribution in [0.2, 0.25) is 0 Å². The van der Waals surface area contributed by atoms with Crippen molar-refractivity contribution in [2.45, 2.75) is 20.8 Å². The van der Waals surface area contributed by atoms with Gasteiger partial charge in [-0.15, -0.1) is 0 Å². The first-order valence-corrected chi connectivity index (χ1v) is 1.50. The second kappa shape index (κ2) is 15.9. The Hall–Kier alpha value is 0.634. The Morgan fingerprint density at radius 3 is 0.857 bits per heavy atom. The summed E-state index contributed by atoms with van der Waals surface area (Å²) in [6, 6.07) is 0. The molecule has 7 heavy (non-hydrogen) atoms. The van der Waals surface area contributed by atoms with E-state index in [1.165, 1.54) is 5.92 Å². The van der Waals surface area contributed by atoms with Gasteiger partial charge in [-0.25, -0.2) is 0 Å². The van der Waals surface area contributed by atoms with Crippen LogP contribution in [0.15, 0.2) is 0 Å². The van der Waals surface area contributed by atoms with Gasteiger partial charge in [-0.3, -0.25) is 0 Å². The van der Waals surface area contributed by atoms with Crippen molar-refractivity contribution in [2.24, 2.45) is 0 Å². The van der Waals surface area contributed by atoms with E-state index in [-0.39, 0.29) is 32.7 Å². The van der Waals surface area contributed by atoms with Crippen LogP contribution in [0, 0.1) is 5.92 Å². The Labute approximate surface area is 59.8 Å². The molecule has 0 atom stereocenters. The normalized spacial score (nSPS) is 5.14. The molecule has 0 unspecified atom stereocenters. The third kappa shape index (κ3) is 354. The van der Waals surface area contributed by atoms with Crippen molar-refractivity contribution >= 4 is 0 Å². The van der Waals surface area contributed by atoms with Crippen LogP contribution in [-0.2, 0) is 32.7 Å². The molecule has 0 saturated heterocycles. The van der Waals surface area contributed by atoms with Crippen molar-refractivity contribution in [1.29, 1.82) is 0 Å². The van der Waals surface area contributed by atoms with Gasteiger partial charge in [0.2, 0.25) is 0 Å². The maximum atomic E-state index is 2.08. The van der Waals surface area contributed by atoms with Gasteiger partial charge in [0.1, 0.15) is 0 Å². The fraction of sp³-hybridized carbons (Fsp3) is 0.750. The van der Waals surface area contributed by atoms with E-state index in [4.69, 9.17) is 0 Å². The van der Waals surface area contributed by atoms with Gasteiger partial charge < -0.3 is 16.9 Å². The molecule has 0 heterocycles. The SMILES string of the molecule is C[C-](C)C.[O-2].[O-2].[Ti+4]. The fourth-order valence-electron chi connectivity index (χ4n) is 0. The average molecular weight is 137 g/mol. The van der Waals surface area contributed by atoms with Crippen LogP contribution >= 0.6 is 0 Å². The Kier molecular flexibility index (Phi) is 58.0. The van der Waals surface area contributed by atoms with Crippen LogP contribution in [0.3, 0.4) is 0 Å². The van der Waals surface area contributed by atoms with Gasteiger partial charge in [0, 0.05) is 0 Å². The largest absolute Gasteiger partial charge is 4.00 e. The Morgan fingerprint density at radius 1 is 0.857 bits per heavy atom. The fourth-order valence-corrected chi connectivity index (χ4v) is 0. The molecule has 0 aliphatic rings. The molecule has 0 aliphatic heterocycles. The molecule has 0 aromatic carbocycles. The molecule has 0 rings (SSSR count). The first-order valence-electron chi connectivity index (χ1n) is 1.50. The van der Waals surface area contributed by atoms with Gasteiger partial charge in [0.15, 0.2) is 0 Å². The predicted molar refractivity (Wildman–Crippen MR) is 21.6 cm³/mol. The van der Waals surface area contributed by atoms with Crippen molar-refractivity contribution in [3.8, 4) is 0 Å². The number of hydrogen-bond donors (Lipinski definition) is 0. The van der Waals surface area contributed by atoms with Crippen molar-refractivity contribution in [3.05, 3.63) is 5.92 Å². The summed E-state index contributed by atoms with van der Waals surface area (Å²) >= 11 is 0. The molecule has 3 heteroatoms. The van der Waals surface area contributed by atoms with Crippen molar-refractivity contribution in [3.63, 3.8) is 0 Å². The van der Waals surface area contributed by atoms with Crippen LogP contribution < -0.4 is 0 Å². The van der Waals surface area contributed by atoms with E-state index in [9.17, 15) is 0 Å². The summed E-state index contributed by atoms with van der Waals surface area (Å²) in [5.74, 6) is 1.42. The molecule has 0 amide bonds. The maximum Gasteiger partial charge on any atom is 4.00 e. The van der Waals surface area contributed by atoms with E-state index >= 15 is 0 Å². The Bertz CT molecular complexity index is 14.4. The van der Waals surface area contributed by atoms with E-state index < -0.39 is 0 Å². The molecule has 0 spiro atoms. The van der Waals surface area contributed by atoms with Gasteiger partial charge in [0.25, 0.3) is 0 Å². The van der Waals surface area contributed by atoms with Gasteiger partial charge in [-0.05, 0) is 0 Å².